The van der Waals surface area contributed by atoms with Gasteiger partial charge in [0.1, 0.15) is 5.82 Å². The van der Waals surface area contributed by atoms with Crippen LogP contribution >= 0.6 is 0 Å². The van der Waals surface area contributed by atoms with Crippen LogP contribution in [0.2, 0.25) is 0 Å². The second-order valence-corrected chi connectivity index (χ2v) is 4.76. The van der Waals surface area contributed by atoms with Gasteiger partial charge in [-0.3, -0.25) is 4.90 Å². The summed E-state index contributed by atoms with van der Waals surface area (Å²) in [5.74, 6) is 0.937. The number of anilines is 1. The maximum Gasteiger partial charge on any atom is 0.121 e. The Balaban J connectivity index is 1.74. The first kappa shape index (κ1) is 11.8. The Labute approximate surface area is 111 Å². The first-order chi connectivity index (χ1) is 9.20. The summed E-state index contributed by atoms with van der Waals surface area (Å²) in [7, 11) is 2.05. The number of fused-ring (bicyclic) bond motifs is 1. The topological polar surface area (TPSA) is 71.1 Å². The van der Waals surface area contributed by atoms with Gasteiger partial charge in [-0.15, -0.1) is 0 Å². The first-order valence-corrected chi connectivity index (χ1v) is 6.14. The second-order valence-electron chi connectivity index (χ2n) is 4.76. The first-order valence-electron chi connectivity index (χ1n) is 6.14. The van der Waals surface area contributed by atoms with Gasteiger partial charge in [-0.1, -0.05) is 0 Å². The standard InChI is InChI=1S/C14H16N4O/c1-18(7-10-4-5-19-9-10)8-14-16-12-3-2-11(15)6-13(12)17-14/h2-6,9H,7-8,15H2,1H3,(H,16,17). The van der Waals surface area contributed by atoms with Gasteiger partial charge in [-0.2, -0.15) is 0 Å². The average molecular weight is 256 g/mol. The number of H-pyrrole nitrogens is 1. The van der Waals surface area contributed by atoms with E-state index in [1.54, 1.807) is 12.5 Å². The lowest BCUT2D eigenvalue weighted by molar-refractivity contribution is 0.311. The maximum atomic E-state index is 5.76. The third-order valence-electron chi connectivity index (χ3n) is 3.01. The Kier molecular flexibility index (Phi) is 2.97. The summed E-state index contributed by atoms with van der Waals surface area (Å²) in [5, 5.41) is 0. The molecule has 19 heavy (non-hydrogen) atoms. The van der Waals surface area contributed by atoms with Crippen molar-refractivity contribution >= 4 is 16.7 Å². The lowest BCUT2D eigenvalue weighted by Gasteiger charge is -2.13. The number of benzene rings is 1. The number of rotatable bonds is 4. The van der Waals surface area contributed by atoms with Crippen molar-refractivity contribution in [1.29, 1.82) is 0 Å². The highest BCUT2D eigenvalue weighted by Crippen LogP contribution is 2.16. The predicted molar refractivity (Wildman–Crippen MR) is 74.4 cm³/mol. The zero-order valence-corrected chi connectivity index (χ0v) is 10.8. The number of nitrogens with two attached hydrogens (primary N) is 1. The molecule has 3 aromatic rings. The summed E-state index contributed by atoms with van der Waals surface area (Å²) in [4.78, 5) is 10.0. The van der Waals surface area contributed by atoms with Crippen molar-refractivity contribution in [2.75, 3.05) is 12.8 Å². The van der Waals surface area contributed by atoms with E-state index in [2.05, 4.69) is 21.9 Å². The molecule has 0 aliphatic carbocycles. The summed E-state index contributed by atoms with van der Waals surface area (Å²) < 4.78 is 5.06. The van der Waals surface area contributed by atoms with Crippen LogP contribution in [-0.4, -0.2) is 21.9 Å². The zero-order chi connectivity index (χ0) is 13.2. The lowest BCUT2D eigenvalue weighted by atomic mass is 10.3. The third kappa shape index (κ3) is 2.61. The molecule has 0 radical (unpaired) electrons. The van der Waals surface area contributed by atoms with E-state index in [1.165, 1.54) is 0 Å². The van der Waals surface area contributed by atoms with Gasteiger partial charge >= 0.3 is 0 Å². The Morgan fingerprint density at radius 2 is 2.21 bits per heavy atom. The Morgan fingerprint density at radius 1 is 1.32 bits per heavy atom. The smallest absolute Gasteiger partial charge is 0.121 e. The number of furan rings is 1. The number of aromatic nitrogens is 2. The average Bonchev–Trinajstić information content (AvgIpc) is 2.97. The fraction of sp³-hybridized carbons (Fsp3) is 0.214. The Hall–Kier alpha value is -2.27. The molecule has 0 bridgehead atoms. The molecule has 3 rings (SSSR count). The van der Waals surface area contributed by atoms with Crippen molar-refractivity contribution in [2.24, 2.45) is 0 Å². The van der Waals surface area contributed by atoms with E-state index in [0.717, 1.165) is 41.2 Å². The van der Waals surface area contributed by atoms with E-state index >= 15 is 0 Å². The Bertz CT molecular complexity index is 672. The highest BCUT2D eigenvalue weighted by molar-refractivity contribution is 5.78. The fourth-order valence-electron chi connectivity index (χ4n) is 2.16. The molecule has 1 aromatic carbocycles. The van der Waals surface area contributed by atoms with Gasteiger partial charge < -0.3 is 15.1 Å². The molecule has 2 aromatic heterocycles. The molecule has 0 saturated carbocycles. The van der Waals surface area contributed by atoms with Crippen LogP contribution in [0.1, 0.15) is 11.4 Å². The third-order valence-corrected chi connectivity index (χ3v) is 3.01. The minimum absolute atomic E-state index is 0.745. The van der Waals surface area contributed by atoms with Crippen molar-refractivity contribution in [3.63, 3.8) is 0 Å². The van der Waals surface area contributed by atoms with Gasteiger partial charge in [-0.05, 0) is 31.3 Å². The van der Waals surface area contributed by atoms with Crippen molar-refractivity contribution in [3.05, 3.63) is 48.2 Å². The molecular formula is C14H16N4O. The van der Waals surface area contributed by atoms with Crippen LogP contribution in [0.4, 0.5) is 5.69 Å². The summed E-state index contributed by atoms with van der Waals surface area (Å²) in [6, 6.07) is 7.67. The maximum absolute atomic E-state index is 5.76. The van der Waals surface area contributed by atoms with Gasteiger partial charge in [0, 0.05) is 17.8 Å². The van der Waals surface area contributed by atoms with Gasteiger partial charge in [-0.25, -0.2) is 4.98 Å². The number of nitrogens with zero attached hydrogens (tertiary/aromatic N) is 2. The van der Waals surface area contributed by atoms with Gasteiger partial charge in [0.2, 0.25) is 0 Å². The lowest BCUT2D eigenvalue weighted by Crippen LogP contribution is -2.17. The molecule has 0 atom stereocenters. The SMILES string of the molecule is CN(Cc1ccoc1)Cc1nc2ccc(N)cc2[nH]1. The number of nitrogen functional groups attached to an aromatic ring is 1. The predicted octanol–water partition coefficient (Wildman–Crippen LogP) is 2.37. The van der Waals surface area contributed by atoms with E-state index in [4.69, 9.17) is 10.2 Å². The minimum atomic E-state index is 0.745. The fourth-order valence-corrected chi connectivity index (χ4v) is 2.16. The molecule has 5 nitrogen and oxygen atoms in total. The van der Waals surface area contributed by atoms with E-state index < -0.39 is 0 Å². The molecule has 2 heterocycles. The summed E-state index contributed by atoms with van der Waals surface area (Å²) in [5.41, 5.74) is 9.58. The second kappa shape index (κ2) is 4.78. The monoisotopic (exact) mass is 256 g/mol. The van der Waals surface area contributed by atoms with Crippen molar-refractivity contribution in [2.45, 2.75) is 13.1 Å². The zero-order valence-electron chi connectivity index (χ0n) is 10.8. The van der Waals surface area contributed by atoms with E-state index in [-0.39, 0.29) is 0 Å². The molecule has 0 aliphatic heterocycles. The molecule has 0 unspecified atom stereocenters. The summed E-state index contributed by atoms with van der Waals surface area (Å²) in [6.45, 7) is 1.58. The van der Waals surface area contributed by atoms with Gasteiger partial charge in [0.15, 0.2) is 0 Å². The molecule has 98 valence electrons. The number of hydrogen-bond donors (Lipinski definition) is 2. The van der Waals surface area contributed by atoms with E-state index in [1.807, 2.05) is 24.3 Å². The normalized spacial score (nSPS) is 11.5. The number of imidazole rings is 1. The minimum Gasteiger partial charge on any atom is -0.472 e. The van der Waals surface area contributed by atoms with Crippen LogP contribution in [0.5, 0.6) is 0 Å². The van der Waals surface area contributed by atoms with Crippen molar-refractivity contribution in [1.82, 2.24) is 14.9 Å². The van der Waals surface area contributed by atoms with Crippen LogP contribution < -0.4 is 5.73 Å². The van der Waals surface area contributed by atoms with Crippen molar-refractivity contribution < 1.29 is 4.42 Å². The quantitative estimate of drug-likeness (QED) is 0.703. The molecule has 5 heteroatoms. The summed E-state index contributed by atoms with van der Waals surface area (Å²) in [6.07, 6.45) is 3.45. The van der Waals surface area contributed by atoms with Crippen LogP contribution in [0, 0.1) is 0 Å². The van der Waals surface area contributed by atoms with E-state index in [9.17, 15) is 0 Å². The molecular weight excluding hydrogens is 240 g/mol. The Morgan fingerprint density at radius 3 is 3.00 bits per heavy atom. The molecule has 0 spiro atoms. The van der Waals surface area contributed by atoms with Gasteiger partial charge in [0.05, 0.1) is 30.1 Å². The van der Waals surface area contributed by atoms with E-state index in [0.29, 0.717) is 0 Å². The van der Waals surface area contributed by atoms with Crippen LogP contribution in [0.25, 0.3) is 11.0 Å². The van der Waals surface area contributed by atoms with Crippen LogP contribution in [0.3, 0.4) is 0 Å². The molecule has 3 N–H and O–H groups in total. The number of nitrogens with one attached hydrogen (secondary N) is 1. The highest BCUT2D eigenvalue weighted by atomic mass is 16.3. The van der Waals surface area contributed by atoms with Gasteiger partial charge in [0.25, 0.3) is 0 Å². The number of hydrogen-bond acceptors (Lipinski definition) is 4. The molecule has 0 amide bonds. The summed E-state index contributed by atoms with van der Waals surface area (Å²) >= 11 is 0. The molecule has 0 fully saturated rings. The largest absolute Gasteiger partial charge is 0.472 e. The van der Waals surface area contributed by atoms with Crippen molar-refractivity contribution in [3.8, 4) is 0 Å². The number of aromatic amines is 1. The van der Waals surface area contributed by atoms with Crippen LogP contribution in [-0.2, 0) is 13.1 Å². The molecule has 0 aliphatic rings. The van der Waals surface area contributed by atoms with Crippen LogP contribution in [0.15, 0.2) is 41.2 Å². The highest BCUT2D eigenvalue weighted by Gasteiger charge is 2.07. The molecule has 0 saturated heterocycles.